The number of methoxy groups -OCH3 is 1. The van der Waals surface area contributed by atoms with Crippen LogP contribution in [0.25, 0.3) is 0 Å². The summed E-state index contributed by atoms with van der Waals surface area (Å²) >= 11 is 0. The van der Waals surface area contributed by atoms with Gasteiger partial charge in [0.15, 0.2) is 35.7 Å². The van der Waals surface area contributed by atoms with Crippen LogP contribution < -0.4 is 4.74 Å². The fourth-order valence-electron chi connectivity index (χ4n) is 8.19. The summed E-state index contributed by atoms with van der Waals surface area (Å²) in [5.74, 6) is -1.90. The summed E-state index contributed by atoms with van der Waals surface area (Å²) in [6, 6.07) is 4.32. The van der Waals surface area contributed by atoms with Gasteiger partial charge in [0.25, 0.3) is 0 Å². The molecule has 0 saturated carbocycles. The fraction of sp³-hybridized carbons (Fsp3) is 0.579. The zero-order chi connectivity index (χ0) is 36.5. The lowest BCUT2D eigenvalue weighted by Gasteiger charge is -2.42. The number of carbonyl (C=O) groups excluding carboxylic acids is 4. The van der Waals surface area contributed by atoms with E-state index in [0.717, 1.165) is 0 Å². The maximum atomic E-state index is 14.0. The summed E-state index contributed by atoms with van der Waals surface area (Å²) in [6.45, 7) is 6.87. The van der Waals surface area contributed by atoms with Crippen LogP contribution >= 0.6 is 0 Å². The molecule has 2 aromatic carbocycles. The van der Waals surface area contributed by atoms with Crippen LogP contribution in [-0.4, -0.2) is 100 Å². The van der Waals surface area contributed by atoms with E-state index >= 15 is 0 Å². The number of phenols is 1. The molecule has 274 valence electrons. The number of aromatic hydroxyl groups is 1. The highest BCUT2D eigenvalue weighted by molar-refractivity contribution is 6.32. The number of ether oxygens (including phenoxy) is 6. The van der Waals surface area contributed by atoms with Gasteiger partial charge >= 0.3 is 0 Å². The zero-order valence-corrected chi connectivity index (χ0v) is 29.3. The van der Waals surface area contributed by atoms with Gasteiger partial charge in [0.2, 0.25) is 0 Å². The van der Waals surface area contributed by atoms with Crippen molar-refractivity contribution in [1.29, 1.82) is 0 Å². The third-order valence-electron chi connectivity index (χ3n) is 10.8. The molecular weight excluding hydrogens is 664 g/mol. The number of carbonyl (C=O) groups is 4. The maximum absolute atomic E-state index is 14.0. The molecular formula is C38H44O13. The Morgan fingerprint density at radius 1 is 0.843 bits per heavy atom. The molecule has 0 radical (unpaired) electrons. The number of benzene rings is 2. The Kier molecular flexibility index (Phi) is 9.45. The Balaban J connectivity index is 1.05. The molecule has 0 spiro atoms. The van der Waals surface area contributed by atoms with E-state index in [1.807, 2.05) is 6.92 Å². The van der Waals surface area contributed by atoms with Crippen LogP contribution in [0.5, 0.6) is 11.5 Å². The molecule has 3 N–H and O–H groups in total. The van der Waals surface area contributed by atoms with Crippen molar-refractivity contribution in [2.24, 2.45) is 0 Å². The number of phenolic OH excluding ortho intramolecular Hbond substituents is 1. The molecule has 2 aromatic rings. The SMILES string of the molecule is COc1cc2c(c3c1C[C@@](C)(O)CC3=O)C(=O)c1ccc([C@H]3C[C@@H](O)[C@H](O[C@H]4CC[C@H](O[C@@H]5CCC(=O)[C@@H](C)O5)[C@H](C)O4)[C@H](C)O3)c(O)c1C2=O. The van der Waals surface area contributed by atoms with E-state index in [-0.39, 0.29) is 76.4 Å². The minimum atomic E-state index is -1.34. The summed E-state index contributed by atoms with van der Waals surface area (Å²) < 4.78 is 35.9. The van der Waals surface area contributed by atoms with E-state index in [0.29, 0.717) is 31.2 Å². The predicted molar refractivity (Wildman–Crippen MR) is 177 cm³/mol. The number of fused-ring (bicyclic) bond motifs is 4. The van der Waals surface area contributed by atoms with Gasteiger partial charge in [-0.15, -0.1) is 0 Å². The Labute approximate surface area is 295 Å². The Morgan fingerprint density at radius 2 is 1.57 bits per heavy atom. The summed E-state index contributed by atoms with van der Waals surface area (Å²) in [6.07, 6.45) is -3.54. The molecule has 3 heterocycles. The summed E-state index contributed by atoms with van der Waals surface area (Å²) in [4.78, 5) is 53.0. The first-order chi connectivity index (χ1) is 24.2. The lowest BCUT2D eigenvalue weighted by Crippen LogP contribution is -2.50. The normalized spacial score (nSPS) is 35.2. The van der Waals surface area contributed by atoms with Gasteiger partial charge in [-0.05, 0) is 46.2 Å². The molecule has 51 heavy (non-hydrogen) atoms. The number of ketones is 4. The zero-order valence-electron chi connectivity index (χ0n) is 29.3. The third kappa shape index (κ3) is 6.43. The largest absolute Gasteiger partial charge is 0.507 e. The predicted octanol–water partition coefficient (Wildman–Crippen LogP) is 3.66. The van der Waals surface area contributed by atoms with Crippen molar-refractivity contribution in [3.05, 3.63) is 57.1 Å². The lowest BCUT2D eigenvalue weighted by atomic mass is 9.72. The van der Waals surface area contributed by atoms with Crippen molar-refractivity contribution in [2.75, 3.05) is 7.11 Å². The monoisotopic (exact) mass is 708 g/mol. The molecule has 0 aromatic heterocycles. The van der Waals surface area contributed by atoms with E-state index in [1.165, 1.54) is 32.2 Å². The van der Waals surface area contributed by atoms with E-state index in [1.54, 1.807) is 13.8 Å². The molecule has 13 heteroatoms. The molecule has 2 aliphatic carbocycles. The second-order valence-electron chi connectivity index (χ2n) is 14.7. The van der Waals surface area contributed by atoms with Crippen LogP contribution in [0.1, 0.15) is 126 Å². The van der Waals surface area contributed by atoms with Crippen LogP contribution in [0.2, 0.25) is 0 Å². The highest BCUT2D eigenvalue weighted by Gasteiger charge is 2.45. The number of aliphatic hydroxyl groups excluding tert-OH is 1. The summed E-state index contributed by atoms with van der Waals surface area (Å²) in [5.41, 5.74) is -1.08. The molecule has 3 saturated heterocycles. The molecule has 3 aliphatic heterocycles. The minimum absolute atomic E-state index is 0.0276. The van der Waals surface area contributed by atoms with Gasteiger partial charge in [-0.2, -0.15) is 0 Å². The van der Waals surface area contributed by atoms with Crippen LogP contribution in [0.3, 0.4) is 0 Å². The van der Waals surface area contributed by atoms with Gasteiger partial charge in [-0.25, -0.2) is 0 Å². The molecule has 0 amide bonds. The minimum Gasteiger partial charge on any atom is -0.507 e. The molecule has 0 bridgehead atoms. The van der Waals surface area contributed by atoms with Crippen molar-refractivity contribution in [3.63, 3.8) is 0 Å². The summed E-state index contributed by atoms with van der Waals surface area (Å²) in [5, 5.41) is 33.5. The van der Waals surface area contributed by atoms with E-state index in [2.05, 4.69) is 0 Å². The molecule has 5 aliphatic rings. The van der Waals surface area contributed by atoms with Crippen LogP contribution in [0.4, 0.5) is 0 Å². The first-order valence-corrected chi connectivity index (χ1v) is 17.6. The van der Waals surface area contributed by atoms with Crippen LogP contribution in [0, 0.1) is 0 Å². The van der Waals surface area contributed by atoms with E-state index in [9.17, 15) is 34.5 Å². The number of hydrogen-bond acceptors (Lipinski definition) is 13. The Hall–Kier alpha value is -3.56. The number of hydrogen-bond donors (Lipinski definition) is 3. The topological polar surface area (TPSA) is 184 Å². The van der Waals surface area contributed by atoms with Gasteiger partial charge in [0.1, 0.15) is 23.7 Å². The Bertz CT molecular complexity index is 1770. The maximum Gasteiger partial charge on any atom is 0.198 e. The van der Waals surface area contributed by atoms with E-state index in [4.69, 9.17) is 28.4 Å². The quantitative estimate of drug-likeness (QED) is 0.338. The van der Waals surface area contributed by atoms with Crippen molar-refractivity contribution >= 4 is 23.1 Å². The highest BCUT2D eigenvalue weighted by atomic mass is 16.7. The molecule has 3 fully saturated rings. The number of Topliss-reactive ketones (excluding diaryl/α,β-unsaturated/α-hetero) is 2. The summed E-state index contributed by atoms with van der Waals surface area (Å²) in [7, 11) is 1.38. The second kappa shape index (κ2) is 13.4. The van der Waals surface area contributed by atoms with Gasteiger partial charge in [0, 0.05) is 71.9 Å². The number of aliphatic hydroxyl groups is 2. The van der Waals surface area contributed by atoms with Crippen molar-refractivity contribution < 1.29 is 62.9 Å². The average molecular weight is 709 g/mol. The van der Waals surface area contributed by atoms with Gasteiger partial charge in [-0.1, -0.05) is 6.07 Å². The first-order valence-electron chi connectivity index (χ1n) is 17.6. The van der Waals surface area contributed by atoms with Crippen molar-refractivity contribution in [2.45, 2.75) is 134 Å². The third-order valence-corrected chi connectivity index (χ3v) is 10.8. The van der Waals surface area contributed by atoms with Crippen LogP contribution in [-0.2, 0) is 34.9 Å². The fourth-order valence-corrected chi connectivity index (χ4v) is 8.19. The number of rotatable bonds is 6. The lowest BCUT2D eigenvalue weighted by molar-refractivity contribution is -0.298. The van der Waals surface area contributed by atoms with E-state index < -0.39 is 71.8 Å². The first kappa shape index (κ1) is 35.8. The standard InChI is InChI=1S/C38H44O13/c1-16-23(39)8-10-29(48-16)50-26-9-11-30(49-17(26)2)51-37-18(3)47-28(13-24(37)40)19-6-7-20-33(34(19)42)36(44)21-12-27(46-5)22-14-38(4,45)15-25(41)31(22)32(21)35(20)43/h6-7,12,16-18,24,26,28-30,37,40,42,45H,8-11,13-15H2,1-5H3/t16-,17+,18+,24-,26+,28-,29-,30+,37-,38-/m1/s1. The van der Waals surface area contributed by atoms with Gasteiger partial charge < -0.3 is 43.7 Å². The van der Waals surface area contributed by atoms with Gasteiger partial charge in [-0.3, -0.25) is 19.2 Å². The second-order valence-corrected chi connectivity index (χ2v) is 14.7. The van der Waals surface area contributed by atoms with Crippen LogP contribution in [0.15, 0.2) is 18.2 Å². The highest BCUT2D eigenvalue weighted by Crippen LogP contribution is 2.46. The van der Waals surface area contributed by atoms with Gasteiger partial charge in [0.05, 0.1) is 48.8 Å². The molecule has 7 rings (SSSR count). The molecule has 0 unspecified atom stereocenters. The molecule has 13 nitrogen and oxygen atoms in total. The van der Waals surface area contributed by atoms with Crippen molar-refractivity contribution in [1.82, 2.24) is 0 Å². The molecule has 10 atom stereocenters. The average Bonchev–Trinajstić information content (AvgIpc) is 3.06. The smallest absolute Gasteiger partial charge is 0.198 e. The van der Waals surface area contributed by atoms with Crippen molar-refractivity contribution in [3.8, 4) is 11.5 Å². The Morgan fingerprint density at radius 3 is 2.25 bits per heavy atom.